The Balaban J connectivity index is 2.03. The summed E-state index contributed by atoms with van der Waals surface area (Å²) in [5.41, 5.74) is 1.05. The van der Waals surface area contributed by atoms with E-state index in [4.69, 9.17) is 0 Å². The topological polar surface area (TPSA) is 36.1 Å². The second-order valence-electron chi connectivity index (χ2n) is 5.11. The number of benzene rings is 2. The van der Waals surface area contributed by atoms with E-state index in [-0.39, 0.29) is 12.0 Å². The molecule has 2 nitrogen and oxygen atoms in total. The summed E-state index contributed by atoms with van der Waals surface area (Å²) in [7, 11) is 0. The van der Waals surface area contributed by atoms with Crippen LogP contribution in [0.1, 0.15) is 23.6 Å². The molecule has 1 aliphatic heterocycles. The minimum Gasteiger partial charge on any atom is -0.279 e. The quantitative estimate of drug-likeness (QED) is 0.757. The average Bonchev–Trinajstić information content (AvgIpc) is 2.92. The van der Waals surface area contributed by atoms with Gasteiger partial charge in [-0.3, -0.25) is 4.99 Å². The molecule has 0 bridgehead atoms. The molecule has 0 amide bonds. The molecule has 0 unspecified atom stereocenters. The van der Waals surface area contributed by atoms with E-state index in [9.17, 15) is 14.0 Å². The number of nitriles is 1. The smallest absolute Gasteiger partial charge is 0.135 e. The van der Waals surface area contributed by atoms with Gasteiger partial charge in [-0.15, -0.1) is 0 Å². The minimum atomic E-state index is -0.646. The fourth-order valence-corrected chi connectivity index (χ4v) is 2.92. The van der Waals surface area contributed by atoms with Crippen LogP contribution in [0.15, 0.2) is 51.9 Å². The van der Waals surface area contributed by atoms with Crippen molar-refractivity contribution in [1.29, 1.82) is 5.26 Å². The van der Waals surface area contributed by atoms with Gasteiger partial charge in [0.05, 0.1) is 29.3 Å². The van der Waals surface area contributed by atoms with Gasteiger partial charge in [0.2, 0.25) is 0 Å². The molecule has 0 fully saturated rings. The minimum absolute atomic E-state index is 0.123. The summed E-state index contributed by atoms with van der Waals surface area (Å²) < 4.78 is 28.7. The standard InChI is InChI=1S/C17H11BrF2N2/c18-12-6-4-10(5-7-12)17-11(9-21)8-15(22-17)16-13(19)2-1-3-14(16)20/h1-7,11,17H,8H2/t11-,17+/m1/s1. The van der Waals surface area contributed by atoms with Crippen LogP contribution in [0.4, 0.5) is 8.78 Å². The highest BCUT2D eigenvalue weighted by atomic mass is 79.9. The maximum atomic E-state index is 13.9. The molecule has 1 aliphatic rings. The number of aliphatic imine (C=N–C) groups is 1. The third kappa shape index (κ3) is 2.67. The zero-order valence-electron chi connectivity index (χ0n) is 11.4. The summed E-state index contributed by atoms with van der Waals surface area (Å²) in [6.45, 7) is 0. The van der Waals surface area contributed by atoms with Crippen molar-refractivity contribution in [1.82, 2.24) is 0 Å². The summed E-state index contributed by atoms with van der Waals surface area (Å²) in [4.78, 5) is 4.43. The SMILES string of the molecule is N#C[C@H]1CC(c2c(F)cccc2F)=N[C@H]1c1ccc(Br)cc1. The average molecular weight is 361 g/mol. The summed E-state index contributed by atoms with van der Waals surface area (Å²) in [5, 5.41) is 9.34. The highest BCUT2D eigenvalue weighted by Gasteiger charge is 2.33. The summed E-state index contributed by atoms with van der Waals surface area (Å²) in [5.74, 6) is -1.71. The first-order valence-corrected chi connectivity index (χ1v) is 7.55. The first-order chi connectivity index (χ1) is 10.6. The third-order valence-electron chi connectivity index (χ3n) is 3.72. The molecule has 0 N–H and O–H groups in total. The van der Waals surface area contributed by atoms with Crippen LogP contribution >= 0.6 is 15.9 Å². The molecule has 5 heteroatoms. The molecular formula is C17H11BrF2N2. The van der Waals surface area contributed by atoms with Gasteiger partial charge in [0, 0.05) is 10.9 Å². The van der Waals surface area contributed by atoms with Crippen LogP contribution < -0.4 is 0 Å². The number of hydrogen-bond acceptors (Lipinski definition) is 2. The van der Waals surface area contributed by atoms with Gasteiger partial charge in [-0.05, 0) is 29.8 Å². The number of halogens is 3. The van der Waals surface area contributed by atoms with Crippen LogP contribution in [0.2, 0.25) is 0 Å². The first kappa shape index (κ1) is 14.9. The molecule has 0 radical (unpaired) electrons. The van der Waals surface area contributed by atoms with E-state index >= 15 is 0 Å². The van der Waals surface area contributed by atoms with Crippen LogP contribution in [0.3, 0.4) is 0 Å². The highest BCUT2D eigenvalue weighted by Crippen LogP contribution is 2.37. The van der Waals surface area contributed by atoms with Gasteiger partial charge < -0.3 is 0 Å². The molecule has 2 aromatic rings. The lowest BCUT2D eigenvalue weighted by molar-refractivity contribution is 0.577. The van der Waals surface area contributed by atoms with Crippen molar-refractivity contribution in [3.8, 4) is 6.07 Å². The van der Waals surface area contributed by atoms with Crippen molar-refractivity contribution in [3.05, 3.63) is 69.7 Å². The third-order valence-corrected chi connectivity index (χ3v) is 4.25. The second-order valence-corrected chi connectivity index (χ2v) is 6.02. The predicted molar refractivity (Wildman–Crippen MR) is 83.5 cm³/mol. The molecular weight excluding hydrogens is 350 g/mol. The summed E-state index contributed by atoms with van der Waals surface area (Å²) in [6.07, 6.45) is 0.245. The van der Waals surface area contributed by atoms with E-state index in [1.165, 1.54) is 18.2 Å². The van der Waals surface area contributed by atoms with Gasteiger partial charge in [0.25, 0.3) is 0 Å². The van der Waals surface area contributed by atoms with Gasteiger partial charge in [0.15, 0.2) is 0 Å². The van der Waals surface area contributed by atoms with E-state index in [1.54, 1.807) is 0 Å². The number of rotatable bonds is 2. The Morgan fingerprint density at radius 3 is 2.32 bits per heavy atom. The van der Waals surface area contributed by atoms with Crippen LogP contribution in [-0.4, -0.2) is 5.71 Å². The molecule has 2 atom stereocenters. The van der Waals surface area contributed by atoms with Crippen molar-refractivity contribution in [2.45, 2.75) is 12.5 Å². The van der Waals surface area contributed by atoms with Crippen molar-refractivity contribution in [2.75, 3.05) is 0 Å². The lowest BCUT2D eigenvalue weighted by atomic mass is 9.93. The second kappa shape index (κ2) is 5.98. The van der Waals surface area contributed by atoms with E-state index in [0.29, 0.717) is 5.71 Å². The van der Waals surface area contributed by atoms with Crippen LogP contribution in [-0.2, 0) is 0 Å². The van der Waals surface area contributed by atoms with Gasteiger partial charge in [-0.1, -0.05) is 34.1 Å². The molecule has 0 spiro atoms. The number of nitrogens with zero attached hydrogens (tertiary/aromatic N) is 2. The normalized spacial score (nSPS) is 20.5. The highest BCUT2D eigenvalue weighted by molar-refractivity contribution is 9.10. The lowest BCUT2D eigenvalue weighted by Gasteiger charge is -2.11. The summed E-state index contributed by atoms with van der Waals surface area (Å²) in [6, 6.07) is 13.0. The predicted octanol–water partition coefficient (Wildman–Crippen LogP) is 4.80. The molecule has 2 aromatic carbocycles. The van der Waals surface area contributed by atoms with Gasteiger partial charge in [-0.2, -0.15) is 5.26 Å². The Labute approximate surface area is 135 Å². The Morgan fingerprint density at radius 1 is 1.09 bits per heavy atom. The molecule has 1 heterocycles. The number of hydrogen-bond donors (Lipinski definition) is 0. The molecule has 0 aromatic heterocycles. The van der Waals surface area contributed by atoms with Crippen LogP contribution in [0.25, 0.3) is 0 Å². The fraction of sp³-hybridized carbons (Fsp3) is 0.176. The van der Waals surface area contributed by atoms with Gasteiger partial charge >= 0.3 is 0 Å². The van der Waals surface area contributed by atoms with Crippen LogP contribution in [0.5, 0.6) is 0 Å². The maximum absolute atomic E-state index is 13.9. The largest absolute Gasteiger partial charge is 0.279 e. The van der Waals surface area contributed by atoms with E-state index < -0.39 is 23.6 Å². The Kier molecular flexibility index (Phi) is 4.04. The Bertz CT molecular complexity index is 758. The van der Waals surface area contributed by atoms with Crippen molar-refractivity contribution >= 4 is 21.6 Å². The molecule has 3 rings (SSSR count). The lowest BCUT2D eigenvalue weighted by Crippen LogP contribution is -2.07. The van der Waals surface area contributed by atoms with E-state index in [2.05, 4.69) is 27.0 Å². The monoisotopic (exact) mass is 360 g/mol. The van der Waals surface area contributed by atoms with Crippen molar-refractivity contribution in [2.24, 2.45) is 10.9 Å². The molecule has 110 valence electrons. The van der Waals surface area contributed by atoms with Gasteiger partial charge in [0.1, 0.15) is 11.6 Å². The molecule has 0 saturated carbocycles. The summed E-state index contributed by atoms with van der Waals surface area (Å²) >= 11 is 3.35. The Hall–Kier alpha value is -2.06. The maximum Gasteiger partial charge on any atom is 0.135 e. The van der Waals surface area contributed by atoms with Crippen molar-refractivity contribution < 1.29 is 8.78 Å². The molecule has 0 saturated heterocycles. The van der Waals surface area contributed by atoms with E-state index in [1.807, 2.05) is 24.3 Å². The molecule has 22 heavy (non-hydrogen) atoms. The molecule has 0 aliphatic carbocycles. The fourth-order valence-electron chi connectivity index (χ4n) is 2.65. The zero-order valence-corrected chi connectivity index (χ0v) is 13.0. The first-order valence-electron chi connectivity index (χ1n) is 6.76. The van der Waals surface area contributed by atoms with Crippen LogP contribution in [0, 0.1) is 28.9 Å². The zero-order chi connectivity index (χ0) is 15.7. The Morgan fingerprint density at radius 2 is 1.73 bits per heavy atom. The van der Waals surface area contributed by atoms with Gasteiger partial charge in [-0.25, -0.2) is 8.78 Å². The van der Waals surface area contributed by atoms with E-state index in [0.717, 1.165) is 10.0 Å². The van der Waals surface area contributed by atoms with Crippen molar-refractivity contribution in [3.63, 3.8) is 0 Å².